The van der Waals surface area contributed by atoms with Crippen LogP contribution in [0.2, 0.25) is 0 Å². The molecule has 0 bridgehead atoms. The fraction of sp³-hybridized carbons (Fsp3) is 0.360. The molecule has 1 fully saturated rings. The molecule has 0 unspecified atom stereocenters. The molecular formula is C25H30N4O4S. The molecule has 0 saturated carbocycles. The van der Waals surface area contributed by atoms with E-state index in [1.165, 1.54) is 0 Å². The van der Waals surface area contributed by atoms with Gasteiger partial charge in [-0.3, -0.25) is 9.36 Å². The van der Waals surface area contributed by atoms with Crippen molar-refractivity contribution in [3.63, 3.8) is 0 Å². The Bertz CT molecular complexity index is 1130. The second-order valence-electron chi connectivity index (χ2n) is 7.57. The first kappa shape index (κ1) is 24.0. The van der Waals surface area contributed by atoms with E-state index < -0.39 is 0 Å². The lowest BCUT2D eigenvalue weighted by Gasteiger charge is -2.31. The molecule has 1 aliphatic rings. The van der Waals surface area contributed by atoms with E-state index in [0.29, 0.717) is 49.2 Å². The SMILES string of the molecule is CCOc1cc(N2CCOCC2)c(OCC)cc1NC(=O)c1cccc(-n2ccnc2SC)c1. The summed E-state index contributed by atoms with van der Waals surface area (Å²) in [4.78, 5) is 19.8. The molecule has 1 aromatic heterocycles. The average molecular weight is 483 g/mol. The molecule has 2 heterocycles. The van der Waals surface area contributed by atoms with Gasteiger partial charge in [0.25, 0.3) is 5.91 Å². The maximum Gasteiger partial charge on any atom is 0.255 e. The van der Waals surface area contributed by atoms with Crippen LogP contribution in [-0.4, -0.2) is 61.2 Å². The highest BCUT2D eigenvalue weighted by molar-refractivity contribution is 7.98. The molecular weight excluding hydrogens is 452 g/mol. The van der Waals surface area contributed by atoms with Crippen molar-refractivity contribution < 1.29 is 19.0 Å². The van der Waals surface area contributed by atoms with Crippen molar-refractivity contribution in [2.24, 2.45) is 0 Å². The van der Waals surface area contributed by atoms with Gasteiger partial charge < -0.3 is 24.4 Å². The standard InChI is InChI=1S/C25H30N4O4S/c1-4-32-22-17-21(28-11-13-31-14-12-28)23(33-5-2)16-20(22)27-24(30)18-7-6-8-19(15-18)29-10-9-26-25(29)34-3/h6-10,15-17H,4-5,11-14H2,1-3H3,(H,27,30). The molecule has 34 heavy (non-hydrogen) atoms. The Hall–Kier alpha value is -3.17. The third kappa shape index (κ3) is 5.31. The number of thioether (sulfide) groups is 1. The summed E-state index contributed by atoms with van der Waals surface area (Å²) in [5.74, 6) is 1.09. The van der Waals surface area contributed by atoms with Crippen LogP contribution < -0.4 is 19.7 Å². The van der Waals surface area contributed by atoms with Gasteiger partial charge in [-0.25, -0.2) is 4.98 Å². The third-order valence-corrected chi connectivity index (χ3v) is 6.10. The highest BCUT2D eigenvalue weighted by Gasteiger charge is 2.21. The number of anilines is 2. The van der Waals surface area contributed by atoms with Gasteiger partial charge in [0.15, 0.2) is 5.16 Å². The Morgan fingerprint density at radius 3 is 2.62 bits per heavy atom. The van der Waals surface area contributed by atoms with E-state index in [0.717, 1.165) is 29.6 Å². The summed E-state index contributed by atoms with van der Waals surface area (Å²) in [6.07, 6.45) is 5.61. The van der Waals surface area contributed by atoms with Crippen molar-refractivity contribution in [3.8, 4) is 17.2 Å². The quantitative estimate of drug-likeness (QED) is 0.451. The number of carbonyl (C=O) groups is 1. The minimum atomic E-state index is -0.227. The molecule has 3 aromatic rings. The van der Waals surface area contributed by atoms with Crippen LogP contribution in [0.4, 0.5) is 11.4 Å². The topological polar surface area (TPSA) is 77.9 Å². The van der Waals surface area contributed by atoms with Crippen LogP contribution in [-0.2, 0) is 4.74 Å². The van der Waals surface area contributed by atoms with Gasteiger partial charge in [0.1, 0.15) is 11.5 Å². The first-order valence-corrected chi connectivity index (χ1v) is 12.6. The Labute approximate surface area is 204 Å². The van der Waals surface area contributed by atoms with Gasteiger partial charge >= 0.3 is 0 Å². The molecule has 0 radical (unpaired) electrons. The predicted molar refractivity (Wildman–Crippen MR) is 135 cm³/mol. The van der Waals surface area contributed by atoms with Gasteiger partial charge in [0, 0.05) is 48.9 Å². The molecule has 8 nitrogen and oxygen atoms in total. The molecule has 9 heteroatoms. The molecule has 0 spiro atoms. The number of carbonyl (C=O) groups excluding carboxylic acids is 1. The molecule has 1 saturated heterocycles. The minimum Gasteiger partial charge on any atom is -0.492 e. The first-order valence-electron chi connectivity index (χ1n) is 11.4. The van der Waals surface area contributed by atoms with E-state index in [2.05, 4.69) is 15.2 Å². The van der Waals surface area contributed by atoms with Crippen molar-refractivity contribution in [2.75, 3.05) is 56.0 Å². The zero-order chi connectivity index (χ0) is 23.9. The number of benzene rings is 2. The van der Waals surface area contributed by atoms with Crippen LogP contribution in [0.15, 0.2) is 53.9 Å². The second kappa shape index (κ2) is 11.3. The van der Waals surface area contributed by atoms with Gasteiger partial charge in [-0.1, -0.05) is 17.8 Å². The molecule has 0 aliphatic carbocycles. The fourth-order valence-corrected chi connectivity index (χ4v) is 4.40. The molecule has 1 amide bonds. The average Bonchev–Trinajstić information content (AvgIpc) is 3.35. The number of imidazole rings is 1. The highest BCUT2D eigenvalue weighted by atomic mass is 32.2. The molecule has 2 aromatic carbocycles. The van der Waals surface area contributed by atoms with Gasteiger partial charge in [-0.15, -0.1) is 0 Å². The number of nitrogens with one attached hydrogen (secondary N) is 1. The Morgan fingerprint density at radius 2 is 1.88 bits per heavy atom. The summed E-state index contributed by atoms with van der Waals surface area (Å²) in [5.41, 5.74) is 2.93. The molecule has 180 valence electrons. The van der Waals surface area contributed by atoms with E-state index >= 15 is 0 Å². The monoisotopic (exact) mass is 482 g/mol. The lowest BCUT2D eigenvalue weighted by atomic mass is 10.1. The largest absolute Gasteiger partial charge is 0.492 e. The number of rotatable bonds is 9. The Kier molecular flexibility index (Phi) is 7.97. The Balaban J connectivity index is 1.64. The van der Waals surface area contributed by atoms with E-state index in [1.807, 2.05) is 61.2 Å². The summed E-state index contributed by atoms with van der Waals surface area (Å²) < 4.78 is 19.3. The predicted octanol–water partition coefficient (Wildman–Crippen LogP) is 4.48. The van der Waals surface area contributed by atoms with Crippen LogP contribution in [0.25, 0.3) is 5.69 Å². The Morgan fingerprint density at radius 1 is 1.12 bits per heavy atom. The van der Waals surface area contributed by atoms with Crippen LogP contribution >= 0.6 is 11.8 Å². The number of amides is 1. The summed E-state index contributed by atoms with van der Waals surface area (Å²) in [7, 11) is 0. The number of morpholine rings is 1. The zero-order valence-electron chi connectivity index (χ0n) is 19.7. The smallest absolute Gasteiger partial charge is 0.255 e. The van der Waals surface area contributed by atoms with E-state index in [-0.39, 0.29) is 5.91 Å². The summed E-state index contributed by atoms with van der Waals surface area (Å²) >= 11 is 1.55. The number of nitrogens with zero attached hydrogens (tertiary/aromatic N) is 3. The number of hydrogen-bond acceptors (Lipinski definition) is 7. The summed E-state index contributed by atoms with van der Waals surface area (Å²) in [6.45, 7) is 7.75. The van der Waals surface area contributed by atoms with Crippen molar-refractivity contribution in [1.29, 1.82) is 0 Å². The maximum absolute atomic E-state index is 13.2. The summed E-state index contributed by atoms with van der Waals surface area (Å²) in [5, 5.41) is 3.88. The third-order valence-electron chi connectivity index (χ3n) is 5.44. The van der Waals surface area contributed by atoms with Crippen LogP contribution in [0.1, 0.15) is 24.2 Å². The van der Waals surface area contributed by atoms with Gasteiger partial charge in [-0.05, 0) is 38.3 Å². The number of aromatic nitrogens is 2. The lowest BCUT2D eigenvalue weighted by Crippen LogP contribution is -2.36. The van der Waals surface area contributed by atoms with E-state index in [4.69, 9.17) is 14.2 Å². The normalized spacial score (nSPS) is 13.6. The second-order valence-corrected chi connectivity index (χ2v) is 8.34. The van der Waals surface area contributed by atoms with Crippen LogP contribution in [0.5, 0.6) is 11.5 Å². The summed E-state index contributed by atoms with van der Waals surface area (Å²) in [6, 6.07) is 11.3. The van der Waals surface area contributed by atoms with E-state index in [9.17, 15) is 4.79 Å². The van der Waals surface area contributed by atoms with Gasteiger partial charge in [-0.2, -0.15) is 0 Å². The first-order chi connectivity index (χ1) is 16.6. The minimum absolute atomic E-state index is 0.227. The van der Waals surface area contributed by atoms with Crippen molar-refractivity contribution in [1.82, 2.24) is 9.55 Å². The lowest BCUT2D eigenvalue weighted by molar-refractivity contribution is 0.102. The van der Waals surface area contributed by atoms with Crippen molar-refractivity contribution in [2.45, 2.75) is 19.0 Å². The maximum atomic E-state index is 13.2. The molecule has 0 atom stereocenters. The van der Waals surface area contributed by atoms with Crippen LogP contribution in [0.3, 0.4) is 0 Å². The zero-order valence-corrected chi connectivity index (χ0v) is 20.6. The van der Waals surface area contributed by atoms with Gasteiger partial charge in [0.05, 0.1) is 37.8 Å². The fourth-order valence-electron chi connectivity index (χ4n) is 3.87. The van der Waals surface area contributed by atoms with E-state index in [1.54, 1.807) is 24.0 Å². The molecule has 4 rings (SSSR count). The van der Waals surface area contributed by atoms with Crippen molar-refractivity contribution >= 4 is 29.0 Å². The molecule has 1 N–H and O–H groups in total. The number of ether oxygens (including phenoxy) is 3. The number of hydrogen-bond donors (Lipinski definition) is 1. The highest BCUT2D eigenvalue weighted by Crippen LogP contribution is 2.39. The van der Waals surface area contributed by atoms with Gasteiger partial charge in [0.2, 0.25) is 0 Å². The van der Waals surface area contributed by atoms with Crippen molar-refractivity contribution in [3.05, 3.63) is 54.4 Å². The van der Waals surface area contributed by atoms with Crippen LogP contribution in [0, 0.1) is 0 Å². The molecule has 1 aliphatic heterocycles.